The van der Waals surface area contributed by atoms with Crippen molar-refractivity contribution in [2.24, 2.45) is 0 Å². The highest BCUT2D eigenvalue weighted by atomic mass is 35.5. The molecule has 1 aliphatic rings. The topological polar surface area (TPSA) is 50.8 Å². The van der Waals surface area contributed by atoms with Crippen LogP contribution in [0, 0.1) is 0 Å². The maximum atomic E-state index is 11.7. The van der Waals surface area contributed by atoms with Gasteiger partial charge in [-0.15, -0.1) is 11.6 Å². The molecule has 1 N–H and O–H groups in total. The summed E-state index contributed by atoms with van der Waals surface area (Å²) in [6, 6.07) is 14.6. The van der Waals surface area contributed by atoms with Gasteiger partial charge in [0.2, 0.25) is 0 Å². The highest BCUT2D eigenvalue weighted by Crippen LogP contribution is 2.45. The summed E-state index contributed by atoms with van der Waals surface area (Å²) in [6.45, 7) is 0. The quantitative estimate of drug-likeness (QED) is 0.873. The number of hydrogen-bond donors (Lipinski definition) is 1. The van der Waals surface area contributed by atoms with E-state index in [2.05, 4.69) is 5.32 Å². The Morgan fingerprint density at radius 1 is 1.13 bits per heavy atom. The van der Waals surface area contributed by atoms with Crippen LogP contribution in [-0.4, -0.2) is 30.9 Å². The first-order chi connectivity index (χ1) is 11.0. The molecule has 5 nitrogen and oxygen atoms in total. The number of anilines is 1. The van der Waals surface area contributed by atoms with Gasteiger partial charge in [-0.1, -0.05) is 30.3 Å². The van der Waals surface area contributed by atoms with Crippen LogP contribution < -0.4 is 14.8 Å². The van der Waals surface area contributed by atoms with Gasteiger partial charge in [0.1, 0.15) is 5.88 Å². The molecule has 0 saturated carbocycles. The van der Waals surface area contributed by atoms with Crippen LogP contribution in [0.5, 0.6) is 11.5 Å². The van der Waals surface area contributed by atoms with E-state index in [0.717, 1.165) is 5.56 Å². The van der Waals surface area contributed by atoms with E-state index in [9.17, 15) is 4.79 Å². The van der Waals surface area contributed by atoms with Gasteiger partial charge >= 0.3 is 6.03 Å². The van der Waals surface area contributed by atoms with E-state index < -0.39 is 5.79 Å². The molecule has 1 unspecified atom stereocenters. The van der Waals surface area contributed by atoms with Gasteiger partial charge in [0, 0.05) is 31.4 Å². The Balaban J connectivity index is 1.87. The summed E-state index contributed by atoms with van der Waals surface area (Å²) in [7, 11) is 3.35. The van der Waals surface area contributed by atoms with Gasteiger partial charge in [-0.3, -0.25) is 0 Å². The molecule has 2 amide bonds. The first-order valence-corrected chi connectivity index (χ1v) is 7.69. The number of carbonyl (C=O) groups excluding carboxylic acids is 1. The maximum absolute atomic E-state index is 11.7. The van der Waals surface area contributed by atoms with Crippen molar-refractivity contribution in [3.05, 3.63) is 54.1 Å². The fraction of sp³-hybridized carbons (Fsp3) is 0.235. The maximum Gasteiger partial charge on any atom is 0.321 e. The molecule has 0 spiro atoms. The van der Waals surface area contributed by atoms with E-state index in [0.29, 0.717) is 17.2 Å². The number of nitrogens with one attached hydrogen (secondary N) is 1. The molecule has 0 aliphatic carbocycles. The lowest BCUT2D eigenvalue weighted by atomic mass is 10.1. The van der Waals surface area contributed by atoms with Gasteiger partial charge in [-0.25, -0.2) is 4.79 Å². The third-order valence-corrected chi connectivity index (χ3v) is 3.89. The number of amides is 2. The smallest absolute Gasteiger partial charge is 0.321 e. The van der Waals surface area contributed by atoms with Crippen LogP contribution in [0.15, 0.2) is 48.5 Å². The molecule has 120 valence electrons. The minimum Gasteiger partial charge on any atom is -0.443 e. The summed E-state index contributed by atoms with van der Waals surface area (Å²) in [5, 5.41) is 2.77. The fourth-order valence-electron chi connectivity index (χ4n) is 2.30. The number of ether oxygens (including phenoxy) is 2. The van der Waals surface area contributed by atoms with Gasteiger partial charge in [0.05, 0.1) is 0 Å². The predicted octanol–water partition coefficient (Wildman–Crippen LogP) is 3.64. The number of nitrogens with zero attached hydrogens (tertiary/aromatic N) is 1. The van der Waals surface area contributed by atoms with Gasteiger partial charge in [-0.05, 0) is 12.1 Å². The van der Waals surface area contributed by atoms with Crippen LogP contribution in [0.25, 0.3) is 0 Å². The fourth-order valence-corrected chi connectivity index (χ4v) is 2.57. The molecule has 2 aromatic carbocycles. The number of urea groups is 1. The standard InChI is InChI=1S/C17H17ClN2O3/c1-20(2)16(21)19-13-8-9-14-15(10-13)23-17(11-18,22-14)12-6-4-3-5-7-12/h3-10H,11H2,1-2H3,(H,19,21). The summed E-state index contributed by atoms with van der Waals surface area (Å²) in [4.78, 5) is 13.2. The van der Waals surface area contributed by atoms with Crippen LogP contribution in [0.1, 0.15) is 5.56 Å². The van der Waals surface area contributed by atoms with E-state index >= 15 is 0 Å². The van der Waals surface area contributed by atoms with Crippen molar-refractivity contribution in [1.29, 1.82) is 0 Å². The van der Waals surface area contributed by atoms with Gasteiger partial charge in [0.15, 0.2) is 11.5 Å². The van der Waals surface area contributed by atoms with E-state index in [1.54, 1.807) is 32.3 Å². The van der Waals surface area contributed by atoms with E-state index in [1.165, 1.54) is 4.90 Å². The third-order valence-electron chi connectivity index (χ3n) is 3.54. The van der Waals surface area contributed by atoms with Crippen LogP contribution in [0.3, 0.4) is 0 Å². The molecule has 2 aromatic rings. The molecular formula is C17H17ClN2O3. The van der Waals surface area contributed by atoms with E-state index in [1.807, 2.05) is 30.3 Å². The van der Waals surface area contributed by atoms with Crippen molar-refractivity contribution in [3.63, 3.8) is 0 Å². The zero-order chi connectivity index (χ0) is 16.4. The molecule has 0 radical (unpaired) electrons. The molecule has 6 heteroatoms. The summed E-state index contributed by atoms with van der Waals surface area (Å²) in [5.74, 6) is 0.240. The van der Waals surface area contributed by atoms with E-state index in [-0.39, 0.29) is 11.9 Å². The largest absolute Gasteiger partial charge is 0.443 e. The predicted molar refractivity (Wildman–Crippen MR) is 89.2 cm³/mol. The lowest BCUT2D eigenvalue weighted by molar-refractivity contribution is -0.0644. The Morgan fingerprint density at radius 2 is 1.83 bits per heavy atom. The van der Waals surface area contributed by atoms with Crippen molar-refractivity contribution >= 4 is 23.3 Å². The second-order valence-corrected chi connectivity index (χ2v) is 5.71. The molecule has 1 atom stereocenters. The van der Waals surface area contributed by atoms with Crippen LogP contribution in [-0.2, 0) is 5.79 Å². The van der Waals surface area contributed by atoms with E-state index in [4.69, 9.17) is 21.1 Å². The average molecular weight is 333 g/mol. The summed E-state index contributed by atoms with van der Waals surface area (Å²) < 4.78 is 12.0. The van der Waals surface area contributed by atoms with Crippen LogP contribution in [0.2, 0.25) is 0 Å². The number of benzene rings is 2. The number of alkyl halides is 1. The lowest BCUT2D eigenvalue weighted by Gasteiger charge is -2.25. The number of hydrogen-bond acceptors (Lipinski definition) is 3. The zero-order valence-corrected chi connectivity index (χ0v) is 13.6. The Bertz CT molecular complexity index is 721. The Labute approximate surface area is 139 Å². The zero-order valence-electron chi connectivity index (χ0n) is 12.9. The SMILES string of the molecule is CN(C)C(=O)Nc1ccc2c(c1)OC(CCl)(c1ccccc1)O2. The Kier molecular flexibility index (Phi) is 4.05. The Morgan fingerprint density at radius 3 is 2.48 bits per heavy atom. The molecule has 23 heavy (non-hydrogen) atoms. The molecular weight excluding hydrogens is 316 g/mol. The lowest BCUT2D eigenvalue weighted by Crippen LogP contribution is -2.37. The second-order valence-electron chi connectivity index (χ2n) is 5.44. The van der Waals surface area contributed by atoms with Crippen LogP contribution in [0.4, 0.5) is 10.5 Å². The second kappa shape index (κ2) is 6.01. The minimum atomic E-state index is -1.05. The van der Waals surface area contributed by atoms with Crippen molar-refractivity contribution in [2.45, 2.75) is 5.79 Å². The van der Waals surface area contributed by atoms with Gasteiger partial charge < -0.3 is 19.7 Å². The molecule has 0 bridgehead atoms. The van der Waals surface area contributed by atoms with Crippen LogP contribution >= 0.6 is 11.6 Å². The van der Waals surface area contributed by atoms with Gasteiger partial charge in [-0.2, -0.15) is 0 Å². The molecule has 1 heterocycles. The average Bonchev–Trinajstić information content (AvgIpc) is 2.95. The molecule has 0 saturated heterocycles. The number of rotatable bonds is 3. The summed E-state index contributed by atoms with van der Waals surface area (Å²) >= 11 is 6.13. The highest BCUT2D eigenvalue weighted by Gasteiger charge is 2.43. The van der Waals surface area contributed by atoms with Crippen molar-refractivity contribution in [2.75, 3.05) is 25.3 Å². The number of carbonyl (C=O) groups is 1. The normalized spacial score (nSPS) is 18.6. The first-order valence-electron chi connectivity index (χ1n) is 7.16. The molecule has 3 rings (SSSR count). The Hall–Kier alpha value is -2.40. The number of fused-ring (bicyclic) bond motifs is 1. The van der Waals surface area contributed by atoms with Crippen molar-refractivity contribution in [1.82, 2.24) is 4.90 Å². The molecule has 0 aromatic heterocycles. The minimum absolute atomic E-state index is 0.144. The van der Waals surface area contributed by atoms with Crippen molar-refractivity contribution in [3.8, 4) is 11.5 Å². The highest BCUT2D eigenvalue weighted by molar-refractivity contribution is 6.18. The van der Waals surface area contributed by atoms with Crippen molar-refractivity contribution < 1.29 is 14.3 Å². The third kappa shape index (κ3) is 2.92. The first kappa shape index (κ1) is 15.5. The summed E-state index contributed by atoms with van der Waals surface area (Å²) in [6.07, 6.45) is 0. The molecule has 1 aliphatic heterocycles. The monoisotopic (exact) mass is 332 g/mol. The molecule has 0 fully saturated rings. The number of halogens is 1. The van der Waals surface area contributed by atoms with Gasteiger partial charge in [0.25, 0.3) is 5.79 Å². The summed E-state index contributed by atoms with van der Waals surface area (Å²) in [5.41, 5.74) is 1.47.